The van der Waals surface area contributed by atoms with Gasteiger partial charge in [-0.3, -0.25) is 4.98 Å². The minimum atomic E-state index is 0.372. The maximum Gasteiger partial charge on any atom is 0.142 e. The second-order valence-corrected chi connectivity index (χ2v) is 6.62. The number of pyridine rings is 1. The van der Waals surface area contributed by atoms with E-state index in [1.54, 1.807) is 0 Å². The van der Waals surface area contributed by atoms with Gasteiger partial charge in [0, 0.05) is 18.3 Å². The topological polar surface area (TPSA) is 34.1 Å². The molecule has 1 saturated carbocycles. The van der Waals surface area contributed by atoms with Gasteiger partial charge >= 0.3 is 0 Å². The van der Waals surface area contributed by atoms with Crippen LogP contribution in [0.2, 0.25) is 0 Å². The normalized spacial score (nSPS) is 22.5. The van der Waals surface area contributed by atoms with Gasteiger partial charge in [0.2, 0.25) is 0 Å². The molecule has 1 heterocycles. The highest BCUT2D eigenvalue weighted by atomic mass is 16.5. The molecule has 0 bridgehead atoms. The number of rotatable bonds is 7. The lowest BCUT2D eigenvalue weighted by molar-refractivity contribution is 0.0889. The predicted molar refractivity (Wildman–Crippen MR) is 87.4 cm³/mol. The van der Waals surface area contributed by atoms with Crippen molar-refractivity contribution in [3.63, 3.8) is 0 Å². The van der Waals surface area contributed by atoms with Crippen LogP contribution < -0.4 is 10.1 Å². The average molecular weight is 290 g/mol. The Morgan fingerprint density at radius 1 is 1.33 bits per heavy atom. The Labute approximate surface area is 129 Å². The Kier molecular flexibility index (Phi) is 6.50. The van der Waals surface area contributed by atoms with Crippen LogP contribution in [0, 0.1) is 11.8 Å². The van der Waals surface area contributed by atoms with Crippen molar-refractivity contribution in [2.24, 2.45) is 11.8 Å². The highest BCUT2D eigenvalue weighted by Gasteiger charge is 2.25. The third kappa shape index (κ3) is 4.99. The van der Waals surface area contributed by atoms with E-state index in [1.807, 2.05) is 12.4 Å². The minimum absolute atomic E-state index is 0.372. The maximum atomic E-state index is 6.34. The number of nitrogens with one attached hydrogen (secondary N) is 1. The van der Waals surface area contributed by atoms with Crippen molar-refractivity contribution >= 4 is 0 Å². The van der Waals surface area contributed by atoms with Crippen molar-refractivity contribution in [1.82, 2.24) is 10.3 Å². The molecular formula is C18H30N2O. The summed E-state index contributed by atoms with van der Waals surface area (Å²) in [5, 5.41) is 3.50. The van der Waals surface area contributed by atoms with E-state index >= 15 is 0 Å². The monoisotopic (exact) mass is 290 g/mol. The third-order valence-corrected chi connectivity index (χ3v) is 4.38. The molecule has 3 heteroatoms. The molecule has 1 aromatic heterocycles. The van der Waals surface area contributed by atoms with E-state index in [-0.39, 0.29) is 0 Å². The molecule has 21 heavy (non-hydrogen) atoms. The molecule has 2 unspecified atom stereocenters. The first-order valence-corrected chi connectivity index (χ1v) is 8.51. The molecule has 3 nitrogen and oxygen atoms in total. The Morgan fingerprint density at radius 3 is 2.90 bits per heavy atom. The molecule has 1 aromatic rings. The fourth-order valence-corrected chi connectivity index (χ4v) is 3.12. The van der Waals surface area contributed by atoms with Crippen LogP contribution in [-0.4, -0.2) is 17.6 Å². The van der Waals surface area contributed by atoms with E-state index in [4.69, 9.17) is 4.74 Å². The van der Waals surface area contributed by atoms with Crippen molar-refractivity contribution in [3.8, 4) is 5.75 Å². The molecule has 1 aliphatic carbocycles. The molecule has 0 amide bonds. The van der Waals surface area contributed by atoms with Gasteiger partial charge in [-0.1, -0.05) is 27.2 Å². The fraction of sp³-hybridized carbons (Fsp3) is 0.722. The van der Waals surface area contributed by atoms with Crippen LogP contribution in [0.25, 0.3) is 0 Å². The van der Waals surface area contributed by atoms with Crippen LogP contribution in [-0.2, 0) is 6.54 Å². The summed E-state index contributed by atoms with van der Waals surface area (Å²) >= 11 is 0. The molecule has 0 spiro atoms. The van der Waals surface area contributed by atoms with E-state index < -0.39 is 0 Å². The van der Waals surface area contributed by atoms with Crippen molar-refractivity contribution in [2.45, 2.75) is 65.5 Å². The second kappa shape index (κ2) is 8.38. The first-order chi connectivity index (χ1) is 10.2. The summed E-state index contributed by atoms with van der Waals surface area (Å²) in [5.41, 5.74) is 1.23. The summed E-state index contributed by atoms with van der Waals surface area (Å²) in [6.07, 6.45) is 10.5. The molecule has 0 aliphatic heterocycles. The fourth-order valence-electron chi connectivity index (χ4n) is 3.12. The van der Waals surface area contributed by atoms with Gasteiger partial charge in [-0.15, -0.1) is 0 Å². The van der Waals surface area contributed by atoms with Gasteiger partial charge in [0.05, 0.1) is 6.20 Å². The van der Waals surface area contributed by atoms with E-state index in [0.717, 1.165) is 18.8 Å². The summed E-state index contributed by atoms with van der Waals surface area (Å²) in [7, 11) is 0. The van der Waals surface area contributed by atoms with E-state index in [1.165, 1.54) is 37.7 Å². The summed E-state index contributed by atoms with van der Waals surface area (Å²) in [5.74, 6) is 2.34. The van der Waals surface area contributed by atoms with Crippen LogP contribution in [0.15, 0.2) is 18.5 Å². The molecule has 1 fully saturated rings. The molecule has 0 aromatic carbocycles. The van der Waals surface area contributed by atoms with Gasteiger partial charge in [0.15, 0.2) is 0 Å². The SMILES string of the molecule is CCC1CCCCC1Oc1cnccc1CNCC(C)C. The summed E-state index contributed by atoms with van der Waals surface area (Å²) in [6.45, 7) is 8.62. The highest BCUT2D eigenvalue weighted by Crippen LogP contribution is 2.31. The summed E-state index contributed by atoms with van der Waals surface area (Å²) in [6, 6.07) is 2.08. The Morgan fingerprint density at radius 2 is 2.14 bits per heavy atom. The van der Waals surface area contributed by atoms with Crippen LogP contribution >= 0.6 is 0 Å². The smallest absolute Gasteiger partial charge is 0.142 e. The van der Waals surface area contributed by atoms with Crippen LogP contribution in [0.4, 0.5) is 0 Å². The van der Waals surface area contributed by atoms with Gasteiger partial charge in [-0.05, 0) is 50.1 Å². The van der Waals surface area contributed by atoms with Crippen molar-refractivity contribution in [2.75, 3.05) is 6.54 Å². The quantitative estimate of drug-likeness (QED) is 0.818. The average Bonchev–Trinajstić information content (AvgIpc) is 2.49. The zero-order valence-electron chi connectivity index (χ0n) is 13.8. The molecule has 2 atom stereocenters. The molecule has 1 N–H and O–H groups in total. The van der Waals surface area contributed by atoms with Crippen LogP contribution in [0.3, 0.4) is 0 Å². The summed E-state index contributed by atoms with van der Waals surface area (Å²) < 4.78 is 6.34. The predicted octanol–water partition coefficient (Wildman–Crippen LogP) is 4.17. The molecule has 0 saturated heterocycles. The van der Waals surface area contributed by atoms with E-state index in [0.29, 0.717) is 17.9 Å². The number of ether oxygens (including phenoxy) is 1. The van der Waals surface area contributed by atoms with E-state index in [9.17, 15) is 0 Å². The van der Waals surface area contributed by atoms with Gasteiger partial charge < -0.3 is 10.1 Å². The third-order valence-electron chi connectivity index (χ3n) is 4.38. The summed E-state index contributed by atoms with van der Waals surface area (Å²) in [4.78, 5) is 4.25. The zero-order valence-corrected chi connectivity index (χ0v) is 13.8. The largest absolute Gasteiger partial charge is 0.488 e. The van der Waals surface area contributed by atoms with Gasteiger partial charge in [0.1, 0.15) is 11.9 Å². The molecule has 1 aliphatic rings. The standard InChI is InChI=1S/C18H30N2O/c1-4-15-7-5-6-8-17(15)21-18-13-19-10-9-16(18)12-20-11-14(2)3/h9-10,13-15,17,20H,4-8,11-12H2,1-3H3. The Bertz CT molecular complexity index is 419. The van der Waals surface area contributed by atoms with Crippen molar-refractivity contribution in [3.05, 3.63) is 24.0 Å². The lowest BCUT2D eigenvalue weighted by Gasteiger charge is -2.31. The second-order valence-electron chi connectivity index (χ2n) is 6.62. The number of hydrogen-bond acceptors (Lipinski definition) is 3. The number of nitrogens with zero attached hydrogens (tertiary/aromatic N) is 1. The first kappa shape index (κ1) is 16.3. The van der Waals surface area contributed by atoms with E-state index in [2.05, 4.69) is 37.1 Å². The molecule has 2 rings (SSSR count). The van der Waals surface area contributed by atoms with Crippen molar-refractivity contribution < 1.29 is 4.74 Å². The van der Waals surface area contributed by atoms with Gasteiger partial charge in [0.25, 0.3) is 0 Å². The lowest BCUT2D eigenvalue weighted by Crippen LogP contribution is -2.30. The van der Waals surface area contributed by atoms with Crippen molar-refractivity contribution in [1.29, 1.82) is 0 Å². The van der Waals surface area contributed by atoms with Gasteiger partial charge in [-0.2, -0.15) is 0 Å². The van der Waals surface area contributed by atoms with Crippen LogP contribution in [0.5, 0.6) is 5.75 Å². The minimum Gasteiger partial charge on any atom is -0.488 e. The Hall–Kier alpha value is -1.09. The number of hydrogen-bond donors (Lipinski definition) is 1. The molecule has 0 radical (unpaired) electrons. The number of aromatic nitrogens is 1. The maximum absolute atomic E-state index is 6.34. The highest BCUT2D eigenvalue weighted by molar-refractivity contribution is 5.30. The zero-order chi connectivity index (χ0) is 15.1. The Balaban J connectivity index is 1.98. The molecular weight excluding hydrogens is 260 g/mol. The molecule has 118 valence electrons. The first-order valence-electron chi connectivity index (χ1n) is 8.51. The lowest BCUT2D eigenvalue weighted by atomic mass is 9.85. The van der Waals surface area contributed by atoms with Gasteiger partial charge in [-0.25, -0.2) is 0 Å². The van der Waals surface area contributed by atoms with Crippen LogP contribution in [0.1, 0.15) is 58.4 Å².